The third-order valence-electron chi connectivity index (χ3n) is 6.89. The number of ether oxygens (including phenoxy) is 3. The molecule has 5 heteroatoms. The smallest absolute Gasteiger partial charge is 0.118 e. The molecule has 0 aromatic heterocycles. The second kappa shape index (κ2) is 13.3. The summed E-state index contributed by atoms with van der Waals surface area (Å²) < 4.78 is 17.5. The molecule has 0 amide bonds. The van der Waals surface area contributed by atoms with Crippen LogP contribution in [-0.4, -0.2) is 49.0 Å². The molecule has 0 saturated heterocycles. The Labute approximate surface area is 218 Å². The number of hydrogen-bond donors (Lipinski definition) is 1. The second-order valence-electron chi connectivity index (χ2n) is 10.8. The maximum absolute atomic E-state index is 6.68. The van der Waals surface area contributed by atoms with Gasteiger partial charge >= 0.3 is 0 Å². The van der Waals surface area contributed by atoms with E-state index in [-0.39, 0.29) is 29.8 Å². The van der Waals surface area contributed by atoms with Crippen LogP contribution in [0.1, 0.15) is 65.0 Å². The molecule has 0 heterocycles. The van der Waals surface area contributed by atoms with Crippen molar-refractivity contribution >= 4 is 0 Å². The van der Waals surface area contributed by atoms with Crippen molar-refractivity contribution in [1.82, 2.24) is 10.2 Å². The van der Waals surface area contributed by atoms with E-state index in [2.05, 4.69) is 81.3 Å². The van der Waals surface area contributed by atoms with E-state index >= 15 is 0 Å². The van der Waals surface area contributed by atoms with E-state index in [1.54, 1.807) is 14.2 Å². The van der Waals surface area contributed by atoms with Crippen LogP contribution in [0.25, 0.3) is 0 Å². The normalized spacial score (nSPS) is 20.2. The standard InChI is InChI=1S/C31H46N2O3/c1-8-25(9-2)36-29-12-10-11-28(30(29)32-31(3,4)5)33(21-23-13-17-26(34-6)18-14-23)22-24-15-19-27(35-7)20-16-24/h10,12-20,25,28-30,32H,8-9,11,21-22H2,1-7H3/t28-,29+,30+/m0/s1. The number of rotatable bonds is 12. The van der Waals surface area contributed by atoms with E-state index in [9.17, 15) is 0 Å². The van der Waals surface area contributed by atoms with Gasteiger partial charge in [0.1, 0.15) is 11.5 Å². The van der Waals surface area contributed by atoms with Crippen molar-refractivity contribution in [2.45, 2.75) is 96.8 Å². The molecule has 1 aliphatic carbocycles. The Kier molecular flexibility index (Phi) is 10.4. The Bertz CT molecular complexity index is 880. The van der Waals surface area contributed by atoms with Crippen molar-refractivity contribution in [1.29, 1.82) is 0 Å². The highest BCUT2D eigenvalue weighted by Gasteiger charge is 2.37. The van der Waals surface area contributed by atoms with Crippen LogP contribution >= 0.6 is 0 Å². The molecule has 3 atom stereocenters. The molecule has 2 aromatic rings. The monoisotopic (exact) mass is 494 g/mol. The van der Waals surface area contributed by atoms with Crippen LogP contribution in [0.4, 0.5) is 0 Å². The molecule has 1 N–H and O–H groups in total. The zero-order chi connectivity index (χ0) is 26.1. The summed E-state index contributed by atoms with van der Waals surface area (Å²) >= 11 is 0. The third kappa shape index (κ3) is 8.09. The van der Waals surface area contributed by atoms with E-state index in [0.717, 1.165) is 43.9 Å². The third-order valence-corrected chi connectivity index (χ3v) is 6.89. The highest BCUT2D eigenvalue weighted by atomic mass is 16.5. The van der Waals surface area contributed by atoms with Crippen molar-refractivity contribution in [3.63, 3.8) is 0 Å². The van der Waals surface area contributed by atoms with E-state index in [4.69, 9.17) is 14.2 Å². The van der Waals surface area contributed by atoms with E-state index in [1.165, 1.54) is 11.1 Å². The van der Waals surface area contributed by atoms with E-state index < -0.39 is 0 Å². The van der Waals surface area contributed by atoms with Gasteiger partial charge in [0.2, 0.25) is 0 Å². The zero-order valence-electron chi connectivity index (χ0n) is 23.3. The van der Waals surface area contributed by atoms with Gasteiger partial charge in [0.05, 0.1) is 32.5 Å². The Morgan fingerprint density at radius 1 is 0.861 bits per heavy atom. The highest BCUT2D eigenvalue weighted by Crippen LogP contribution is 2.28. The van der Waals surface area contributed by atoms with Crippen LogP contribution < -0.4 is 14.8 Å². The molecule has 5 nitrogen and oxygen atoms in total. The van der Waals surface area contributed by atoms with Gasteiger partial charge in [-0.25, -0.2) is 0 Å². The molecule has 0 radical (unpaired) electrons. The summed E-state index contributed by atoms with van der Waals surface area (Å²) in [6, 6.07) is 17.3. The molecule has 2 aromatic carbocycles. The van der Waals surface area contributed by atoms with Crippen molar-refractivity contribution in [2.24, 2.45) is 0 Å². The quantitative estimate of drug-likeness (QED) is 0.348. The van der Waals surface area contributed by atoms with Gasteiger partial charge in [-0.1, -0.05) is 50.3 Å². The molecule has 0 fully saturated rings. The number of methoxy groups -OCH3 is 2. The van der Waals surface area contributed by atoms with Gasteiger partial charge in [0.25, 0.3) is 0 Å². The van der Waals surface area contributed by atoms with Crippen molar-refractivity contribution in [3.05, 3.63) is 71.8 Å². The number of benzene rings is 2. The van der Waals surface area contributed by atoms with E-state index in [0.29, 0.717) is 0 Å². The van der Waals surface area contributed by atoms with Gasteiger partial charge in [0, 0.05) is 24.7 Å². The molecule has 0 saturated carbocycles. The summed E-state index contributed by atoms with van der Waals surface area (Å²) in [6.07, 6.45) is 7.90. The van der Waals surface area contributed by atoms with Crippen LogP contribution in [0.15, 0.2) is 60.7 Å². The average molecular weight is 495 g/mol. The molecular formula is C31H46N2O3. The van der Waals surface area contributed by atoms with Gasteiger partial charge in [-0.3, -0.25) is 4.90 Å². The Hall–Kier alpha value is -2.34. The fraction of sp³-hybridized carbons (Fsp3) is 0.548. The lowest BCUT2D eigenvalue weighted by Gasteiger charge is -2.45. The Morgan fingerprint density at radius 2 is 1.36 bits per heavy atom. The first-order valence-electron chi connectivity index (χ1n) is 13.4. The lowest BCUT2D eigenvalue weighted by atomic mass is 9.88. The summed E-state index contributed by atoms with van der Waals surface area (Å²) in [5, 5.41) is 3.94. The first-order valence-corrected chi connectivity index (χ1v) is 13.4. The largest absolute Gasteiger partial charge is 0.497 e. The van der Waals surface area contributed by atoms with Gasteiger partial charge < -0.3 is 19.5 Å². The average Bonchev–Trinajstić information content (AvgIpc) is 2.87. The van der Waals surface area contributed by atoms with Crippen molar-refractivity contribution < 1.29 is 14.2 Å². The van der Waals surface area contributed by atoms with Crippen LogP contribution in [0.3, 0.4) is 0 Å². The predicted molar refractivity (Wildman–Crippen MR) is 149 cm³/mol. The van der Waals surface area contributed by atoms with Crippen LogP contribution in [0, 0.1) is 0 Å². The second-order valence-corrected chi connectivity index (χ2v) is 10.8. The summed E-state index contributed by atoms with van der Waals surface area (Å²) in [7, 11) is 3.42. The van der Waals surface area contributed by atoms with Crippen molar-refractivity contribution in [3.8, 4) is 11.5 Å². The molecule has 0 aliphatic heterocycles. The topological polar surface area (TPSA) is 43.0 Å². The fourth-order valence-corrected chi connectivity index (χ4v) is 4.95. The van der Waals surface area contributed by atoms with Gasteiger partial charge in [0.15, 0.2) is 0 Å². The zero-order valence-corrected chi connectivity index (χ0v) is 23.3. The molecule has 3 rings (SSSR count). The summed E-state index contributed by atoms with van der Waals surface area (Å²) in [5.74, 6) is 1.76. The van der Waals surface area contributed by atoms with Crippen LogP contribution in [-0.2, 0) is 17.8 Å². The Balaban J connectivity index is 1.94. The number of nitrogens with one attached hydrogen (secondary N) is 1. The number of nitrogens with zero attached hydrogens (tertiary/aromatic N) is 1. The SMILES string of the molecule is CCC(CC)O[C@@H]1C=CC[C@H](N(Cc2ccc(OC)cc2)Cc2ccc(OC)cc2)[C@H]1NC(C)(C)C. The molecule has 0 spiro atoms. The van der Waals surface area contributed by atoms with Gasteiger partial charge in [-0.15, -0.1) is 0 Å². The minimum atomic E-state index is -0.0322. The molecule has 0 bridgehead atoms. The fourth-order valence-electron chi connectivity index (χ4n) is 4.95. The molecule has 36 heavy (non-hydrogen) atoms. The maximum atomic E-state index is 6.68. The molecule has 1 aliphatic rings. The van der Waals surface area contributed by atoms with Gasteiger partial charge in [-0.2, -0.15) is 0 Å². The van der Waals surface area contributed by atoms with E-state index in [1.807, 2.05) is 24.3 Å². The molecule has 0 unspecified atom stereocenters. The lowest BCUT2D eigenvalue weighted by Crippen LogP contribution is -2.61. The summed E-state index contributed by atoms with van der Waals surface area (Å²) in [6.45, 7) is 12.8. The van der Waals surface area contributed by atoms with Gasteiger partial charge in [-0.05, 0) is 75.4 Å². The number of hydrogen-bond acceptors (Lipinski definition) is 5. The Morgan fingerprint density at radius 3 is 1.78 bits per heavy atom. The molecular weight excluding hydrogens is 448 g/mol. The maximum Gasteiger partial charge on any atom is 0.118 e. The minimum absolute atomic E-state index is 0.0297. The first-order chi connectivity index (χ1) is 17.3. The van der Waals surface area contributed by atoms with Crippen LogP contribution in [0.5, 0.6) is 11.5 Å². The summed E-state index contributed by atoms with van der Waals surface area (Å²) in [4.78, 5) is 2.60. The summed E-state index contributed by atoms with van der Waals surface area (Å²) in [5.41, 5.74) is 2.51. The predicted octanol–water partition coefficient (Wildman–Crippen LogP) is 6.37. The lowest BCUT2D eigenvalue weighted by molar-refractivity contribution is -0.0393. The van der Waals surface area contributed by atoms with Crippen LogP contribution in [0.2, 0.25) is 0 Å². The van der Waals surface area contributed by atoms with Crippen molar-refractivity contribution in [2.75, 3.05) is 14.2 Å². The molecule has 198 valence electrons. The first kappa shape index (κ1) is 28.2. The highest BCUT2D eigenvalue weighted by molar-refractivity contribution is 5.29. The minimum Gasteiger partial charge on any atom is -0.497 e.